The molecule has 1 aliphatic carbocycles. The summed E-state index contributed by atoms with van der Waals surface area (Å²) in [4.78, 5) is 2.26. The summed E-state index contributed by atoms with van der Waals surface area (Å²) in [5, 5.41) is 0. The molecule has 52 valence electrons. The van der Waals surface area contributed by atoms with Gasteiger partial charge in [0.25, 0.3) is 0 Å². The number of nitrogens with zero attached hydrogens (tertiary/aromatic N) is 1. The fourth-order valence-corrected chi connectivity index (χ4v) is 1.24. The fourth-order valence-electron chi connectivity index (χ4n) is 1.24. The molecule has 1 nitrogen and oxygen atoms in total. The van der Waals surface area contributed by atoms with Gasteiger partial charge in [-0.1, -0.05) is 19.1 Å². The molecule has 0 bridgehead atoms. The Morgan fingerprint density at radius 2 is 2.00 bits per heavy atom. The van der Waals surface area contributed by atoms with Crippen LogP contribution in [0.15, 0.2) is 12.2 Å². The van der Waals surface area contributed by atoms with E-state index in [0.717, 1.165) is 5.92 Å². The van der Waals surface area contributed by atoms with Crippen molar-refractivity contribution in [3.05, 3.63) is 12.2 Å². The molecule has 0 aromatic heterocycles. The summed E-state index contributed by atoms with van der Waals surface area (Å²) in [6, 6.07) is 0.694. The van der Waals surface area contributed by atoms with Gasteiger partial charge in [0.15, 0.2) is 0 Å². The Morgan fingerprint density at radius 3 is 2.22 bits per heavy atom. The molecule has 0 amide bonds. The van der Waals surface area contributed by atoms with Crippen molar-refractivity contribution >= 4 is 0 Å². The number of likely N-dealkylation sites (N-methyl/N-ethyl adjacent to an activating group) is 1. The monoisotopic (exact) mass is 125 g/mol. The second-order valence-electron chi connectivity index (χ2n) is 3.13. The summed E-state index contributed by atoms with van der Waals surface area (Å²) in [6.45, 7) is 2.26. The van der Waals surface area contributed by atoms with Gasteiger partial charge in [-0.05, 0) is 26.4 Å². The molecule has 0 saturated carbocycles. The van der Waals surface area contributed by atoms with Crippen LogP contribution in [-0.4, -0.2) is 25.0 Å². The molecule has 0 radical (unpaired) electrons. The van der Waals surface area contributed by atoms with E-state index in [0.29, 0.717) is 6.04 Å². The molecule has 9 heavy (non-hydrogen) atoms. The van der Waals surface area contributed by atoms with E-state index in [1.807, 2.05) is 0 Å². The average Bonchev–Trinajstić information content (AvgIpc) is 2.14. The minimum Gasteiger partial charge on any atom is -0.303 e. The zero-order chi connectivity index (χ0) is 6.85. The quantitative estimate of drug-likeness (QED) is 0.480. The van der Waals surface area contributed by atoms with Gasteiger partial charge in [-0.3, -0.25) is 0 Å². The first-order valence-electron chi connectivity index (χ1n) is 3.55. The van der Waals surface area contributed by atoms with Crippen molar-refractivity contribution < 1.29 is 0 Å². The van der Waals surface area contributed by atoms with Crippen molar-refractivity contribution in [1.82, 2.24) is 4.90 Å². The van der Waals surface area contributed by atoms with E-state index in [2.05, 4.69) is 38.1 Å². The molecule has 0 heterocycles. The van der Waals surface area contributed by atoms with E-state index in [4.69, 9.17) is 0 Å². The van der Waals surface area contributed by atoms with Crippen LogP contribution in [0.5, 0.6) is 0 Å². The van der Waals surface area contributed by atoms with Crippen molar-refractivity contribution in [2.75, 3.05) is 14.1 Å². The smallest absolute Gasteiger partial charge is 0.0277 e. The molecule has 0 N–H and O–H groups in total. The Kier molecular flexibility index (Phi) is 1.91. The fraction of sp³-hybridized carbons (Fsp3) is 0.750. The third-order valence-corrected chi connectivity index (χ3v) is 1.94. The van der Waals surface area contributed by atoms with Gasteiger partial charge in [-0.15, -0.1) is 0 Å². The number of allylic oxidation sites excluding steroid dienone is 1. The molecule has 0 aromatic rings. The highest BCUT2D eigenvalue weighted by Crippen LogP contribution is 2.19. The van der Waals surface area contributed by atoms with E-state index >= 15 is 0 Å². The van der Waals surface area contributed by atoms with Gasteiger partial charge >= 0.3 is 0 Å². The molecule has 0 fully saturated rings. The van der Waals surface area contributed by atoms with E-state index in [9.17, 15) is 0 Å². The van der Waals surface area contributed by atoms with E-state index in [1.54, 1.807) is 0 Å². The maximum absolute atomic E-state index is 2.30. The van der Waals surface area contributed by atoms with Gasteiger partial charge in [0.05, 0.1) is 0 Å². The molecule has 0 aromatic carbocycles. The third-order valence-electron chi connectivity index (χ3n) is 1.94. The van der Waals surface area contributed by atoms with Gasteiger partial charge in [-0.25, -0.2) is 0 Å². The zero-order valence-corrected chi connectivity index (χ0v) is 6.46. The van der Waals surface area contributed by atoms with Crippen LogP contribution in [0.2, 0.25) is 0 Å². The Hall–Kier alpha value is -0.300. The Morgan fingerprint density at radius 1 is 1.33 bits per heavy atom. The highest BCUT2D eigenvalue weighted by atomic mass is 15.1. The van der Waals surface area contributed by atoms with E-state index in [-0.39, 0.29) is 0 Å². The zero-order valence-electron chi connectivity index (χ0n) is 6.46. The molecular weight excluding hydrogens is 110 g/mol. The van der Waals surface area contributed by atoms with E-state index < -0.39 is 0 Å². The first-order valence-corrected chi connectivity index (χ1v) is 3.55. The molecular formula is C8H15N. The standard InChI is InChI=1S/C8H15N/c1-7-4-5-8(6-7)9(2)3/h4-5,7-8H,6H2,1-3H3/t7-,8?/m1/s1. The molecule has 1 aliphatic rings. The van der Waals surface area contributed by atoms with Gasteiger partial charge < -0.3 is 4.90 Å². The number of rotatable bonds is 1. The minimum absolute atomic E-state index is 0.694. The highest BCUT2D eigenvalue weighted by Gasteiger charge is 2.15. The van der Waals surface area contributed by atoms with Crippen molar-refractivity contribution in [3.63, 3.8) is 0 Å². The first-order chi connectivity index (χ1) is 4.20. The minimum atomic E-state index is 0.694. The first kappa shape index (κ1) is 6.81. The lowest BCUT2D eigenvalue weighted by atomic mass is 10.1. The van der Waals surface area contributed by atoms with Crippen LogP contribution in [0, 0.1) is 5.92 Å². The Bertz CT molecular complexity index is 116. The lowest BCUT2D eigenvalue weighted by Gasteiger charge is -2.17. The maximum atomic E-state index is 2.30. The summed E-state index contributed by atoms with van der Waals surface area (Å²) < 4.78 is 0. The molecule has 0 aliphatic heterocycles. The van der Waals surface area contributed by atoms with Crippen LogP contribution in [-0.2, 0) is 0 Å². The van der Waals surface area contributed by atoms with Crippen LogP contribution in [0.25, 0.3) is 0 Å². The maximum Gasteiger partial charge on any atom is 0.0277 e. The molecule has 0 saturated heterocycles. The summed E-state index contributed by atoms with van der Waals surface area (Å²) in [5.74, 6) is 0.789. The summed E-state index contributed by atoms with van der Waals surface area (Å²) in [7, 11) is 4.26. The second kappa shape index (κ2) is 2.53. The predicted molar refractivity (Wildman–Crippen MR) is 40.4 cm³/mol. The van der Waals surface area contributed by atoms with Gasteiger partial charge in [0.1, 0.15) is 0 Å². The Balaban J connectivity index is 2.41. The average molecular weight is 125 g/mol. The van der Waals surface area contributed by atoms with Crippen molar-refractivity contribution in [2.45, 2.75) is 19.4 Å². The van der Waals surface area contributed by atoms with Crippen molar-refractivity contribution in [3.8, 4) is 0 Å². The normalized spacial score (nSPS) is 34.2. The van der Waals surface area contributed by atoms with Crippen LogP contribution in [0.4, 0.5) is 0 Å². The van der Waals surface area contributed by atoms with Crippen molar-refractivity contribution in [1.29, 1.82) is 0 Å². The van der Waals surface area contributed by atoms with Gasteiger partial charge in [0.2, 0.25) is 0 Å². The summed E-state index contributed by atoms with van der Waals surface area (Å²) in [6.07, 6.45) is 5.89. The van der Waals surface area contributed by atoms with Crippen LogP contribution < -0.4 is 0 Å². The molecule has 2 atom stereocenters. The molecule has 1 unspecified atom stereocenters. The van der Waals surface area contributed by atoms with Gasteiger partial charge in [0, 0.05) is 6.04 Å². The summed E-state index contributed by atoms with van der Waals surface area (Å²) >= 11 is 0. The molecule has 1 rings (SSSR count). The third kappa shape index (κ3) is 1.55. The van der Waals surface area contributed by atoms with E-state index in [1.165, 1.54) is 6.42 Å². The largest absolute Gasteiger partial charge is 0.303 e. The molecule has 0 spiro atoms. The van der Waals surface area contributed by atoms with Crippen molar-refractivity contribution in [2.24, 2.45) is 5.92 Å². The summed E-state index contributed by atoms with van der Waals surface area (Å²) in [5.41, 5.74) is 0. The SMILES string of the molecule is C[C@@H]1C=CC(N(C)C)C1. The second-order valence-corrected chi connectivity index (χ2v) is 3.13. The lowest BCUT2D eigenvalue weighted by molar-refractivity contribution is 0.325. The van der Waals surface area contributed by atoms with Crippen LogP contribution in [0.3, 0.4) is 0 Å². The molecule has 1 heteroatoms. The predicted octanol–water partition coefficient (Wildman–Crippen LogP) is 1.51. The van der Waals surface area contributed by atoms with Crippen LogP contribution in [0.1, 0.15) is 13.3 Å². The Labute approximate surface area is 57.4 Å². The number of hydrogen-bond donors (Lipinski definition) is 0. The van der Waals surface area contributed by atoms with Crippen LogP contribution >= 0.6 is 0 Å². The number of hydrogen-bond acceptors (Lipinski definition) is 1. The van der Waals surface area contributed by atoms with Gasteiger partial charge in [-0.2, -0.15) is 0 Å². The lowest BCUT2D eigenvalue weighted by Crippen LogP contribution is -2.24. The topological polar surface area (TPSA) is 3.24 Å². The highest BCUT2D eigenvalue weighted by molar-refractivity contribution is 5.04.